The van der Waals surface area contributed by atoms with Crippen molar-refractivity contribution in [1.82, 2.24) is 5.32 Å². The molecule has 2 aromatic rings. The van der Waals surface area contributed by atoms with E-state index in [0.717, 1.165) is 4.90 Å². The predicted molar refractivity (Wildman–Crippen MR) is 119 cm³/mol. The Labute approximate surface area is 190 Å². The maximum absolute atomic E-state index is 12.8. The van der Waals surface area contributed by atoms with E-state index in [9.17, 15) is 14.4 Å². The van der Waals surface area contributed by atoms with Crippen molar-refractivity contribution in [3.05, 3.63) is 56.3 Å². The summed E-state index contributed by atoms with van der Waals surface area (Å²) in [5.74, 6) is -0.290. The summed E-state index contributed by atoms with van der Waals surface area (Å²) in [5, 5.41) is 3.06. The molecule has 1 aliphatic rings. The minimum Gasteiger partial charge on any atom is -0.493 e. The van der Waals surface area contributed by atoms with E-state index < -0.39 is 17.9 Å². The molecule has 0 aromatic heterocycles. The van der Waals surface area contributed by atoms with Crippen LogP contribution in [0.25, 0.3) is 6.08 Å². The highest BCUT2D eigenvalue weighted by molar-refractivity contribution is 14.1. The third-order valence-electron chi connectivity index (χ3n) is 4.09. The van der Waals surface area contributed by atoms with E-state index in [4.69, 9.17) is 21.1 Å². The van der Waals surface area contributed by atoms with Gasteiger partial charge in [-0.3, -0.25) is 4.79 Å². The Balaban J connectivity index is 1.88. The summed E-state index contributed by atoms with van der Waals surface area (Å²) in [4.78, 5) is 37.4. The minimum absolute atomic E-state index is 0.107. The number of nitrogens with one attached hydrogen (secondary N) is 1. The van der Waals surface area contributed by atoms with Gasteiger partial charge in [-0.2, -0.15) is 0 Å². The average molecular weight is 543 g/mol. The van der Waals surface area contributed by atoms with E-state index in [1.807, 2.05) is 22.6 Å². The quantitative estimate of drug-likeness (QED) is 0.260. The van der Waals surface area contributed by atoms with Crippen molar-refractivity contribution in [1.29, 1.82) is 0 Å². The van der Waals surface area contributed by atoms with Crippen molar-refractivity contribution in [2.24, 2.45) is 0 Å². The van der Waals surface area contributed by atoms with E-state index in [-0.39, 0.29) is 12.3 Å². The van der Waals surface area contributed by atoms with Crippen molar-refractivity contribution >= 4 is 63.9 Å². The second kappa shape index (κ2) is 9.35. The minimum atomic E-state index is -0.562. The van der Waals surface area contributed by atoms with E-state index in [1.54, 1.807) is 36.4 Å². The number of hydrogen-bond acceptors (Lipinski definition) is 6. The fourth-order valence-corrected chi connectivity index (χ4v) is 3.59. The molecular weight excluding hydrogens is 527 g/mol. The van der Waals surface area contributed by atoms with Gasteiger partial charge in [0.2, 0.25) is 0 Å². The van der Waals surface area contributed by atoms with Crippen LogP contribution in [0.2, 0.25) is 5.02 Å². The summed E-state index contributed by atoms with van der Waals surface area (Å²) >= 11 is 7.89. The molecule has 1 N–H and O–H groups in total. The van der Waals surface area contributed by atoms with Gasteiger partial charge in [-0.25, -0.2) is 14.5 Å². The van der Waals surface area contributed by atoms with Crippen molar-refractivity contribution in [2.75, 3.05) is 25.7 Å². The number of imide groups is 1. The van der Waals surface area contributed by atoms with Crippen LogP contribution in [-0.4, -0.2) is 38.7 Å². The Morgan fingerprint density at radius 2 is 1.90 bits per heavy atom. The van der Waals surface area contributed by atoms with Gasteiger partial charge in [0.15, 0.2) is 18.1 Å². The Hall–Kier alpha value is -2.79. The predicted octanol–water partition coefficient (Wildman–Crippen LogP) is 3.60. The van der Waals surface area contributed by atoms with Gasteiger partial charge < -0.3 is 19.5 Å². The van der Waals surface area contributed by atoms with Gasteiger partial charge in [0.25, 0.3) is 5.91 Å². The second-order valence-corrected chi connectivity index (χ2v) is 7.60. The topological polar surface area (TPSA) is 94.2 Å². The molecule has 1 aliphatic heterocycles. The third-order valence-corrected chi connectivity index (χ3v) is 5.14. The lowest BCUT2D eigenvalue weighted by atomic mass is 10.1. The molecule has 0 atom stereocenters. The first-order valence-corrected chi connectivity index (χ1v) is 9.99. The molecule has 0 saturated carbocycles. The molecule has 1 fully saturated rings. The van der Waals surface area contributed by atoms with Crippen LogP contribution in [0.1, 0.15) is 5.56 Å². The number of ether oxygens (including phenoxy) is 3. The zero-order valence-corrected chi connectivity index (χ0v) is 18.8. The molecule has 1 saturated heterocycles. The summed E-state index contributed by atoms with van der Waals surface area (Å²) < 4.78 is 16.0. The van der Waals surface area contributed by atoms with Crippen LogP contribution in [0, 0.1) is 3.57 Å². The Morgan fingerprint density at radius 3 is 2.53 bits per heavy atom. The van der Waals surface area contributed by atoms with Crippen LogP contribution in [0.5, 0.6) is 11.5 Å². The summed E-state index contributed by atoms with van der Waals surface area (Å²) in [5.41, 5.74) is 1.11. The number of urea groups is 1. The van der Waals surface area contributed by atoms with Gasteiger partial charge in [-0.1, -0.05) is 11.6 Å². The normalized spacial score (nSPS) is 14.7. The van der Waals surface area contributed by atoms with E-state index in [2.05, 4.69) is 10.1 Å². The van der Waals surface area contributed by atoms with Gasteiger partial charge in [0, 0.05) is 5.02 Å². The molecular formula is C20H16ClIN2O6. The number of methoxy groups -OCH3 is 2. The molecule has 0 bridgehead atoms. The maximum atomic E-state index is 12.8. The number of esters is 1. The highest BCUT2D eigenvalue weighted by atomic mass is 127. The fourth-order valence-electron chi connectivity index (χ4n) is 2.68. The number of rotatable bonds is 6. The number of benzene rings is 2. The van der Waals surface area contributed by atoms with Gasteiger partial charge in [0.05, 0.1) is 23.5 Å². The smallest absolute Gasteiger partial charge is 0.343 e. The van der Waals surface area contributed by atoms with Crippen LogP contribution in [0.4, 0.5) is 10.5 Å². The third kappa shape index (κ3) is 4.68. The molecule has 8 nitrogen and oxygen atoms in total. The summed E-state index contributed by atoms with van der Waals surface area (Å²) in [7, 11) is 2.72. The van der Waals surface area contributed by atoms with E-state index in [1.165, 1.54) is 20.3 Å². The zero-order valence-electron chi connectivity index (χ0n) is 15.9. The first-order valence-electron chi connectivity index (χ1n) is 8.54. The molecule has 3 amide bonds. The van der Waals surface area contributed by atoms with Crippen molar-refractivity contribution in [3.63, 3.8) is 0 Å². The lowest BCUT2D eigenvalue weighted by Gasteiger charge is -2.13. The van der Waals surface area contributed by atoms with Crippen LogP contribution < -0.4 is 19.7 Å². The molecule has 0 unspecified atom stereocenters. The zero-order chi connectivity index (χ0) is 21.8. The Morgan fingerprint density at radius 1 is 1.20 bits per heavy atom. The van der Waals surface area contributed by atoms with Gasteiger partial charge in [-0.05, 0) is 70.6 Å². The number of carbonyl (C=O) groups is 3. The first-order chi connectivity index (χ1) is 14.3. The number of hydrogen-bond donors (Lipinski definition) is 1. The maximum Gasteiger partial charge on any atom is 0.343 e. The van der Waals surface area contributed by atoms with Gasteiger partial charge >= 0.3 is 12.0 Å². The lowest BCUT2D eigenvalue weighted by Crippen LogP contribution is -2.30. The molecule has 156 valence electrons. The monoisotopic (exact) mass is 542 g/mol. The molecule has 10 heteroatoms. The average Bonchev–Trinajstić information content (AvgIpc) is 3.00. The molecule has 30 heavy (non-hydrogen) atoms. The SMILES string of the molecule is COC(=O)COc1c(I)cc(/C=C2/NC(=O)N(c3ccc(Cl)cc3)C2=O)cc1OC. The van der Waals surface area contributed by atoms with E-state index in [0.29, 0.717) is 31.3 Å². The molecule has 0 spiro atoms. The summed E-state index contributed by atoms with van der Waals surface area (Å²) in [6.45, 7) is -0.270. The van der Waals surface area contributed by atoms with Gasteiger partial charge in [-0.15, -0.1) is 0 Å². The first kappa shape index (κ1) is 21.9. The fraction of sp³-hybridized carbons (Fsp3) is 0.150. The molecule has 2 aromatic carbocycles. The number of anilines is 1. The number of carbonyl (C=O) groups excluding carboxylic acids is 3. The second-order valence-electron chi connectivity index (χ2n) is 6.00. The standard InChI is InChI=1S/C20H16ClIN2O6/c1-28-16-9-11(7-14(22)18(16)30-10-17(25)29-2)8-15-19(26)24(20(27)23-15)13-5-3-12(21)4-6-13/h3-9H,10H2,1-2H3,(H,23,27)/b15-8+. The number of amides is 3. The molecule has 1 heterocycles. The largest absolute Gasteiger partial charge is 0.493 e. The van der Waals surface area contributed by atoms with Crippen LogP contribution in [0.15, 0.2) is 42.1 Å². The lowest BCUT2D eigenvalue weighted by molar-refractivity contribution is -0.142. The van der Waals surface area contributed by atoms with Crippen LogP contribution >= 0.6 is 34.2 Å². The molecule has 0 radical (unpaired) electrons. The molecule has 0 aliphatic carbocycles. The Bertz CT molecular complexity index is 1040. The molecule has 3 rings (SSSR count). The number of halogens is 2. The van der Waals surface area contributed by atoms with Crippen LogP contribution in [0.3, 0.4) is 0 Å². The van der Waals surface area contributed by atoms with Crippen molar-refractivity contribution < 1.29 is 28.6 Å². The number of nitrogens with zero attached hydrogens (tertiary/aromatic N) is 1. The summed E-state index contributed by atoms with van der Waals surface area (Å²) in [6, 6.07) is 9.16. The highest BCUT2D eigenvalue weighted by Crippen LogP contribution is 2.35. The van der Waals surface area contributed by atoms with Crippen molar-refractivity contribution in [3.8, 4) is 11.5 Å². The Kier molecular flexibility index (Phi) is 6.83. The van der Waals surface area contributed by atoms with Gasteiger partial charge in [0.1, 0.15) is 5.70 Å². The van der Waals surface area contributed by atoms with Crippen LogP contribution in [-0.2, 0) is 14.3 Å². The van der Waals surface area contributed by atoms with E-state index >= 15 is 0 Å². The summed E-state index contributed by atoms with van der Waals surface area (Å²) in [6.07, 6.45) is 1.53. The highest BCUT2D eigenvalue weighted by Gasteiger charge is 2.34. The van der Waals surface area contributed by atoms with Crippen molar-refractivity contribution in [2.45, 2.75) is 0 Å².